The van der Waals surface area contributed by atoms with Gasteiger partial charge < -0.3 is 10.5 Å². The largest absolute Gasteiger partial charge is 0.493 e. The SMILES string of the molecule is N[C@H]1CCCOc2ccc(F)cc21. The first-order chi connectivity index (χ1) is 6.27. The van der Waals surface area contributed by atoms with Gasteiger partial charge in [0.2, 0.25) is 0 Å². The maximum atomic E-state index is 12.9. The van der Waals surface area contributed by atoms with Crippen LogP contribution in [0.25, 0.3) is 0 Å². The number of hydrogen-bond donors (Lipinski definition) is 1. The summed E-state index contributed by atoms with van der Waals surface area (Å²) in [7, 11) is 0. The Kier molecular flexibility index (Phi) is 2.19. The topological polar surface area (TPSA) is 35.2 Å². The van der Waals surface area contributed by atoms with Crippen molar-refractivity contribution >= 4 is 0 Å². The average Bonchev–Trinajstić information content (AvgIpc) is 2.29. The minimum atomic E-state index is -0.250. The highest BCUT2D eigenvalue weighted by Crippen LogP contribution is 2.30. The van der Waals surface area contributed by atoms with Crippen LogP contribution in [0, 0.1) is 5.82 Å². The average molecular weight is 181 g/mol. The van der Waals surface area contributed by atoms with Crippen molar-refractivity contribution in [3.63, 3.8) is 0 Å². The zero-order chi connectivity index (χ0) is 9.26. The molecule has 2 nitrogen and oxygen atoms in total. The van der Waals surface area contributed by atoms with Gasteiger partial charge >= 0.3 is 0 Å². The lowest BCUT2D eigenvalue weighted by Gasteiger charge is -2.10. The van der Waals surface area contributed by atoms with Crippen LogP contribution in [0.5, 0.6) is 5.75 Å². The summed E-state index contributed by atoms with van der Waals surface area (Å²) in [5, 5.41) is 0. The molecule has 13 heavy (non-hydrogen) atoms. The number of nitrogens with two attached hydrogens (primary N) is 1. The quantitative estimate of drug-likeness (QED) is 0.664. The van der Waals surface area contributed by atoms with E-state index in [4.69, 9.17) is 10.5 Å². The number of halogens is 1. The van der Waals surface area contributed by atoms with Crippen LogP contribution in [-0.4, -0.2) is 6.61 Å². The number of ether oxygens (including phenoxy) is 1. The van der Waals surface area contributed by atoms with Crippen molar-refractivity contribution in [2.75, 3.05) is 6.61 Å². The van der Waals surface area contributed by atoms with Gasteiger partial charge in [0.25, 0.3) is 0 Å². The minimum Gasteiger partial charge on any atom is -0.493 e. The van der Waals surface area contributed by atoms with Crippen LogP contribution in [0.3, 0.4) is 0 Å². The van der Waals surface area contributed by atoms with Crippen molar-refractivity contribution < 1.29 is 9.13 Å². The van der Waals surface area contributed by atoms with Crippen molar-refractivity contribution in [1.29, 1.82) is 0 Å². The molecule has 0 radical (unpaired) electrons. The fourth-order valence-electron chi connectivity index (χ4n) is 1.58. The Labute approximate surface area is 76.5 Å². The predicted molar refractivity (Wildman–Crippen MR) is 48.1 cm³/mol. The van der Waals surface area contributed by atoms with Crippen molar-refractivity contribution in [2.45, 2.75) is 18.9 Å². The Morgan fingerprint density at radius 2 is 2.31 bits per heavy atom. The summed E-state index contributed by atoms with van der Waals surface area (Å²) in [6.45, 7) is 0.673. The Bertz CT molecular complexity index is 314. The van der Waals surface area contributed by atoms with E-state index in [-0.39, 0.29) is 11.9 Å². The predicted octanol–water partition coefficient (Wildman–Crippen LogP) is 2.00. The van der Waals surface area contributed by atoms with Gasteiger partial charge in [-0.05, 0) is 31.0 Å². The van der Waals surface area contributed by atoms with Gasteiger partial charge in [-0.25, -0.2) is 4.39 Å². The van der Waals surface area contributed by atoms with Crippen LogP contribution in [-0.2, 0) is 0 Å². The number of fused-ring (bicyclic) bond motifs is 1. The first-order valence-corrected chi connectivity index (χ1v) is 4.45. The number of hydrogen-bond acceptors (Lipinski definition) is 2. The van der Waals surface area contributed by atoms with Crippen LogP contribution in [0.1, 0.15) is 24.4 Å². The van der Waals surface area contributed by atoms with Crippen molar-refractivity contribution in [3.05, 3.63) is 29.6 Å². The summed E-state index contributed by atoms with van der Waals surface area (Å²) in [4.78, 5) is 0. The second-order valence-corrected chi connectivity index (χ2v) is 3.28. The Balaban J connectivity index is 2.43. The number of rotatable bonds is 0. The third-order valence-electron chi connectivity index (χ3n) is 2.29. The molecule has 0 fully saturated rings. The minimum absolute atomic E-state index is 0.0896. The first-order valence-electron chi connectivity index (χ1n) is 4.45. The van der Waals surface area contributed by atoms with E-state index in [0.29, 0.717) is 6.61 Å². The lowest BCUT2D eigenvalue weighted by atomic mass is 10.0. The highest BCUT2D eigenvalue weighted by molar-refractivity contribution is 5.36. The molecular weight excluding hydrogens is 169 g/mol. The normalized spacial score (nSPS) is 21.5. The van der Waals surface area contributed by atoms with Crippen LogP contribution >= 0.6 is 0 Å². The highest BCUT2D eigenvalue weighted by Gasteiger charge is 2.16. The summed E-state index contributed by atoms with van der Waals surface area (Å²) in [6, 6.07) is 4.42. The first kappa shape index (κ1) is 8.51. The molecule has 0 spiro atoms. The molecule has 1 heterocycles. The fraction of sp³-hybridized carbons (Fsp3) is 0.400. The van der Waals surface area contributed by atoms with Crippen LogP contribution in [0.15, 0.2) is 18.2 Å². The van der Waals surface area contributed by atoms with Gasteiger partial charge in [0.15, 0.2) is 0 Å². The van der Waals surface area contributed by atoms with E-state index in [2.05, 4.69) is 0 Å². The Hall–Kier alpha value is -1.09. The van der Waals surface area contributed by atoms with Crippen LogP contribution in [0.4, 0.5) is 4.39 Å². The number of benzene rings is 1. The third-order valence-corrected chi connectivity index (χ3v) is 2.29. The van der Waals surface area contributed by atoms with Gasteiger partial charge in [0.1, 0.15) is 11.6 Å². The molecule has 0 amide bonds. The van der Waals surface area contributed by atoms with Crippen molar-refractivity contribution in [2.24, 2.45) is 5.73 Å². The molecule has 0 saturated carbocycles. The van der Waals surface area contributed by atoms with Crippen molar-refractivity contribution in [3.8, 4) is 5.75 Å². The molecule has 1 aromatic carbocycles. The second-order valence-electron chi connectivity index (χ2n) is 3.28. The van der Waals surface area contributed by atoms with Crippen LogP contribution < -0.4 is 10.5 Å². The fourth-order valence-corrected chi connectivity index (χ4v) is 1.58. The molecule has 0 aromatic heterocycles. The molecule has 2 rings (SSSR count). The molecule has 0 bridgehead atoms. The molecule has 1 atom stereocenters. The van der Waals surface area contributed by atoms with E-state index in [0.717, 1.165) is 24.2 Å². The molecule has 3 heteroatoms. The van der Waals surface area contributed by atoms with Gasteiger partial charge in [-0.2, -0.15) is 0 Å². The molecule has 0 aliphatic carbocycles. The zero-order valence-corrected chi connectivity index (χ0v) is 7.29. The maximum absolute atomic E-state index is 12.9. The van der Waals surface area contributed by atoms with Gasteiger partial charge in [-0.3, -0.25) is 0 Å². The van der Waals surface area contributed by atoms with Crippen LogP contribution in [0.2, 0.25) is 0 Å². The van der Waals surface area contributed by atoms with E-state index in [1.54, 1.807) is 6.07 Å². The monoisotopic (exact) mass is 181 g/mol. The molecule has 2 N–H and O–H groups in total. The molecular formula is C10H12FNO. The molecule has 1 aromatic rings. The highest BCUT2D eigenvalue weighted by atomic mass is 19.1. The summed E-state index contributed by atoms with van der Waals surface area (Å²) in [5.74, 6) is 0.478. The lowest BCUT2D eigenvalue weighted by Crippen LogP contribution is -2.09. The van der Waals surface area contributed by atoms with E-state index >= 15 is 0 Å². The van der Waals surface area contributed by atoms with E-state index < -0.39 is 0 Å². The summed E-state index contributed by atoms with van der Waals surface area (Å²) < 4.78 is 18.3. The smallest absolute Gasteiger partial charge is 0.124 e. The summed E-state index contributed by atoms with van der Waals surface area (Å²) >= 11 is 0. The maximum Gasteiger partial charge on any atom is 0.124 e. The van der Waals surface area contributed by atoms with E-state index in [1.807, 2.05) is 0 Å². The molecule has 0 saturated heterocycles. The van der Waals surface area contributed by atoms with Gasteiger partial charge in [-0.1, -0.05) is 0 Å². The van der Waals surface area contributed by atoms with E-state index in [9.17, 15) is 4.39 Å². The van der Waals surface area contributed by atoms with Gasteiger partial charge in [0, 0.05) is 11.6 Å². The third kappa shape index (κ3) is 1.65. The molecule has 70 valence electrons. The summed E-state index contributed by atoms with van der Waals surface area (Å²) in [5.41, 5.74) is 6.66. The Morgan fingerprint density at radius 1 is 1.46 bits per heavy atom. The Morgan fingerprint density at radius 3 is 3.15 bits per heavy atom. The lowest BCUT2D eigenvalue weighted by molar-refractivity contribution is 0.316. The van der Waals surface area contributed by atoms with Crippen molar-refractivity contribution in [1.82, 2.24) is 0 Å². The zero-order valence-electron chi connectivity index (χ0n) is 7.29. The molecule has 0 unspecified atom stereocenters. The molecule has 1 aliphatic rings. The van der Waals surface area contributed by atoms with Gasteiger partial charge in [0.05, 0.1) is 6.61 Å². The van der Waals surface area contributed by atoms with Gasteiger partial charge in [-0.15, -0.1) is 0 Å². The standard InChI is InChI=1S/C10H12FNO/c11-7-3-4-10-8(6-7)9(12)2-1-5-13-10/h3-4,6,9H,1-2,5,12H2/t9-/m0/s1. The molecule has 1 aliphatic heterocycles. The second kappa shape index (κ2) is 3.34. The summed E-state index contributed by atoms with van der Waals surface area (Å²) in [6.07, 6.45) is 1.79. The van der Waals surface area contributed by atoms with E-state index in [1.165, 1.54) is 12.1 Å².